The van der Waals surface area contributed by atoms with Crippen LogP contribution in [0.1, 0.15) is 5.56 Å². The summed E-state index contributed by atoms with van der Waals surface area (Å²) in [5, 5.41) is 1.66. The highest BCUT2D eigenvalue weighted by molar-refractivity contribution is 7.23. The minimum absolute atomic E-state index is 0.265. The first-order valence-electron chi connectivity index (χ1n) is 6.75. The van der Waals surface area contributed by atoms with E-state index in [1.807, 2.05) is 30.3 Å². The van der Waals surface area contributed by atoms with Crippen LogP contribution >= 0.6 is 11.3 Å². The van der Waals surface area contributed by atoms with Crippen molar-refractivity contribution >= 4 is 32.4 Å². The molecule has 102 valence electrons. The average Bonchev–Trinajstić information content (AvgIpc) is 2.94. The fourth-order valence-electron chi connectivity index (χ4n) is 2.50. The van der Waals surface area contributed by atoms with Crippen LogP contribution in [0.4, 0.5) is 0 Å². The maximum absolute atomic E-state index is 12.1. The second-order valence-electron chi connectivity index (χ2n) is 5.11. The Bertz CT molecular complexity index is 1010. The van der Waals surface area contributed by atoms with E-state index in [0.717, 1.165) is 20.5 Å². The van der Waals surface area contributed by atoms with Crippen molar-refractivity contribution < 1.29 is 4.42 Å². The zero-order valence-electron chi connectivity index (χ0n) is 11.4. The minimum Gasteiger partial charge on any atom is -0.422 e. The van der Waals surface area contributed by atoms with Crippen LogP contribution in [0.5, 0.6) is 0 Å². The quantitative estimate of drug-likeness (QED) is 0.463. The lowest BCUT2D eigenvalue weighted by Gasteiger charge is -1.97. The van der Waals surface area contributed by atoms with Gasteiger partial charge in [-0.1, -0.05) is 42.0 Å². The first kappa shape index (κ1) is 12.4. The van der Waals surface area contributed by atoms with E-state index in [4.69, 9.17) is 4.42 Å². The van der Waals surface area contributed by atoms with E-state index in [2.05, 4.69) is 31.2 Å². The van der Waals surface area contributed by atoms with E-state index in [-0.39, 0.29) is 5.63 Å². The lowest BCUT2D eigenvalue weighted by molar-refractivity contribution is 0.570. The fraction of sp³-hybridized carbons (Fsp3) is 0.0556. The molecule has 2 heterocycles. The molecule has 0 aliphatic rings. The van der Waals surface area contributed by atoms with Gasteiger partial charge in [0.05, 0.1) is 10.1 Å². The van der Waals surface area contributed by atoms with Crippen LogP contribution in [-0.4, -0.2) is 0 Å². The summed E-state index contributed by atoms with van der Waals surface area (Å²) in [7, 11) is 0. The smallest absolute Gasteiger partial charge is 0.345 e. The number of thiophene rings is 1. The van der Waals surface area contributed by atoms with Crippen molar-refractivity contribution in [1.29, 1.82) is 0 Å². The third-order valence-corrected chi connectivity index (χ3v) is 4.84. The molecule has 2 aromatic carbocycles. The van der Waals surface area contributed by atoms with Crippen LogP contribution < -0.4 is 5.63 Å². The second kappa shape index (κ2) is 4.57. The van der Waals surface area contributed by atoms with Gasteiger partial charge in [-0.3, -0.25) is 0 Å². The van der Waals surface area contributed by atoms with E-state index in [1.165, 1.54) is 5.56 Å². The zero-order chi connectivity index (χ0) is 14.4. The number of fused-ring (bicyclic) bond motifs is 3. The van der Waals surface area contributed by atoms with Crippen LogP contribution in [0.25, 0.3) is 31.5 Å². The number of para-hydroxylation sites is 1. The Hall–Kier alpha value is -2.39. The predicted molar refractivity (Wildman–Crippen MR) is 88.0 cm³/mol. The highest BCUT2D eigenvalue weighted by Gasteiger charge is 2.12. The van der Waals surface area contributed by atoms with Gasteiger partial charge in [0.1, 0.15) is 5.58 Å². The normalized spacial score (nSPS) is 11.3. The van der Waals surface area contributed by atoms with Crippen molar-refractivity contribution in [3.8, 4) is 10.4 Å². The number of rotatable bonds is 1. The monoisotopic (exact) mass is 292 g/mol. The third kappa shape index (κ3) is 1.98. The summed E-state index contributed by atoms with van der Waals surface area (Å²) < 4.78 is 6.39. The molecular weight excluding hydrogens is 280 g/mol. The van der Waals surface area contributed by atoms with Crippen LogP contribution in [-0.2, 0) is 0 Å². The molecule has 2 aromatic heterocycles. The first-order chi connectivity index (χ1) is 10.2. The summed E-state index contributed by atoms with van der Waals surface area (Å²) in [5.41, 5.74) is 2.74. The summed E-state index contributed by atoms with van der Waals surface area (Å²) in [6.45, 7) is 2.07. The van der Waals surface area contributed by atoms with Gasteiger partial charge in [0.15, 0.2) is 0 Å². The Labute approximate surface area is 125 Å². The van der Waals surface area contributed by atoms with Crippen LogP contribution in [0.15, 0.2) is 63.8 Å². The molecule has 0 aliphatic carbocycles. The fourth-order valence-corrected chi connectivity index (χ4v) is 3.68. The van der Waals surface area contributed by atoms with Crippen molar-refractivity contribution in [2.75, 3.05) is 0 Å². The molecule has 0 atom stereocenters. The number of hydrogen-bond donors (Lipinski definition) is 0. The Balaban J connectivity index is 2.05. The van der Waals surface area contributed by atoms with Crippen LogP contribution in [0.2, 0.25) is 0 Å². The molecule has 3 heteroatoms. The van der Waals surface area contributed by atoms with Gasteiger partial charge in [0, 0.05) is 10.3 Å². The summed E-state index contributed by atoms with van der Waals surface area (Å²) in [4.78, 5) is 13.2. The Morgan fingerprint density at radius 3 is 2.52 bits per heavy atom. The zero-order valence-corrected chi connectivity index (χ0v) is 12.2. The summed E-state index contributed by atoms with van der Waals surface area (Å²) in [5.74, 6) is 0. The molecule has 0 unspecified atom stereocenters. The molecule has 4 rings (SSSR count). The molecule has 0 bridgehead atoms. The van der Waals surface area contributed by atoms with E-state index >= 15 is 0 Å². The van der Waals surface area contributed by atoms with Gasteiger partial charge in [-0.15, -0.1) is 11.3 Å². The van der Waals surface area contributed by atoms with Crippen molar-refractivity contribution in [1.82, 2.24) is 0 Å². The van der Waals surface area contributed by atoms with E-state index in [1.54, 1.807) is 11.3 Å². The highest BCUT2D eigenvalue weighted by Crippen LogP contribution is 2.36. The Morgan fingerprint density at radius 1 is 0.952 bits per heavy atom. The first-order valence-corrected chi connectivity index (χ1v) is 7.56. The SMILES string of the molecule is Cc1ccc(-c2cc3c(=O)oc4ccccc4c3s2)cc1. The van der Waals surface area contributed by atoms with Gasteiger partial charge in [0.2, 0.25) is 0 Å². The number of benzene rings is 2. The van der Waals surface area contributed by atoms with Gasteiger partial charge in [0.25, 0.3) is 0 Å². The van der Waals surface area contributed by atoms with Crippen molar-refractivity contribution in [3.63, 3.8) is 0 Å². The molecule has 0 N–H and O–H groups in total. The predicted octanol–water partition coefficient (Wildman–Crippen LogP) is 4.98. The largest absolute Gasteiger partial charge is 0.422 e. The van der Waals surface area contributed by atoms with Gasteiger partial charge >= 0.3 is 5.63 Å². The van der Waals surface area contributed by atoms with E-state index in [0.29, 0.717) is 11.0 Å². The summed E-state index contributed by atoms with van der Waals surface area (Å²) >= 11 is 1.64. The molecule has 0 radical (unpaired) electrons. The van der Waals surface area contributed by atoms with Crippen LogP contribution in [0, 0.1) is 6.92 Å². The second-order valence-corrected chi connectivity index (χ2v) is 6.16. The maximum Gasteiger partial charge on any atom is 0.345 e. The van der Waals surface area contributed by atoms with Gasteiger partial charge < -0.3 is 4.42 Å². The Morgan fingerprint density at radius 2 is 1.71 bits per heavy atom. The number of hydrogen-bond acceptors (Lipinski definition) is 3. The van der Waals surface area contributed by atoms with Crippen molar-refractivity contribution in [3.05, 3.63) is 70.6 Å². The lowest BCUT2D eigenvalue weighted by atomic mass is 10.1. The standard InChI is InChI=1S/C18H12O2S/c1-11-6-8-12(9-7-11)16-10-14-17(21-16)13-4-2-3-5-15(13)20-18(14)19/h2-10H,1H3. The molecule has 0 amide bonds. The molecule has 0 aliphatic heterocycles. The summed E-state index contributed by atoms with van der Waals surface area (Å²) in [6, 6.07) is 18.0. The van der Waals surface area contributed by atoms with Crippen LogP contribution in [0.3, 0.4) is 0 Å². The molecule has 2 nitrogen and oxygen atoms in total. The third-order valence-electron chi connectivity index (χ3n) is 3.62. The molecule has 0 fully saturated rings. The van der Waals surface area contributed by atoms with Crippen molar-refractivity contribution in [2.24, 2.45) is 0 Å². The molecule has 0 saturated heterocycles. The average molecular weight is 292 g/mol. The minimum atomic E-state index is -0.265. The number of aryl methyl sites for hydroxylation is 1. The van der Waals surface area contributed by atoms with Crippen molar-refractivity contribution in [2.45, 2.75) is 6.92 Å². The molecule has 0 saturated carbocycles. The lowest BCUT2D eigenvalue weighted by Crippen LogP contribution is -1.96. The summed E-state index contributed by atoms with van der Waals surface area (Å²) in [6.07, 6.45) is 0. The molecular formula is C18H12O2S. The van der Waals surface area contributed by atoms with Gasteiger partial charge in [-0.2, -0.15) is 0 Å². The molecule has 0 spiro atoms. The van der Waals surface area contributed by atoms with Gasteiger partial charge in [-0.25, -0.2) is 4.79 Å². The molecule has 4 aromatic rings. The maximum atomic E-state index is 12.1. The van der Waals surface area contributed by atoms with E-state index < -0.39 is 0 Å². The van der Waals surface area contributed by atoms with Gasteiger partial charge in [-0.05, 0) is 30.7 Å². The Kier molecular flexibility index (Phi) is 2.69. The van der Waals surface area contributed by atoms with E-state index in [9.17, 15) is 4.79 Å². The topological polar surface area (TPSA) is 30.2 Å². The molecule has 21 heavy (non-hydrogen) atoms. The highest BCUT2D eigenvalue weighted by atomic mass is 32.1.